The van der Waals surface area contributed by atoms with Crippen LogP contribution in [0.25, 0.3) is 11.0 Å². The van der Waals surface area contributed by atoms with Crippen LogP contribution in [0.15, 0.2) is 30.9 Å². The van der Waals surface area contributed by atoms with Gasteiger partial charge in [-0.05, 0) is 19.9 Å². The Labute approximate surface area is 117 Å². The molecule has 0 aromatic carbocycles. The topological polar surface area (TPSA) is 60.6 Å². The molecule has 0 saturated carbocycles. The first-order valence-electron chi connectivity index (χ1n) is 6.69. The Bertz CT molecular complexity index is 724. The molecule has 0 bridgehead atoms. The summed E-state index contributed by atoms with van der Waals surface area (Å²) >= 11 is 0. The Morgan fingerprint density at radius 1 is 1.25 bits per heavy atom. The molecule has 20 heavy (non-hydrogen) atoms. The monoisotopic (exact) mass is 270 g/mol. The number of hydrogen-bond acceptors (Lipinski definition) is 4. The highest BCUT2D eigenvalue weighted by Crippen LogP contribution is 2.24. The van der Waals surface area contributed by atoms with Gasteiger partial charge in [-0.2, -0.15) is 10.2 Å². The highest BCUT2D eigenvalue weighted by atomic mass is 15.3. The predicted octanol–water partition coefficient (Wildman–Crippen LogP) is 2.36. The summed E-state index contributed by atoms with van der Waals surface area (Å²) in [6.45, 7) is 4.96. The molecular formula is C14H18N6. The van der Waals surface area contributed by atoms with Crippen LogP contribution >= 0.6 is 0 Å². The Balaban J connectivity index is 1.92. The SMILES string of the molecule is CC(C)n1ncc2nccc(NCc3cnn(C)c3)c21. The van der Waals surface area contributed by atoms with E-state index in [1.807, 2.05) is 36.4 Å². The maximum atomic E-state index is 4.41. The third-order valence-electron chi connectivity index (χ3n) is 3.22. The van der Waals surface area contributed by atoms with Gasteiger partial charge in [-0.3, -0.25) is 14.3 Å². The van der Waals surface area contributed by atoms with Crippen molar-refractivity contribution in [3.8, 4) is 0 Å². The van der Waals surface area contributed by atoms with E-state index in [0.29, 0.717) is 6.04 Å². The second-order valence-corrected chi connectivity index (χ2v) is 5.15. The lowest BCUT2D eigenvalue weighted by Gasteiger charge is -2.11. The van der Waals surface area contributed by atoms with Gasteiger partial charge >= 0.3 is 0 Å². The van der Waals surface area contributed by atoms with Crippen LogP contribution < -0.4 is 5.32 Å². The minimum Gasteiger partial charge on any atom is -0.379 e. The van der Waals surface area contributed by atoms with Gasteiger partial charge in [0.05, 0.1) is 18.1 Å². The molecule has 0 saturated heterocycles. The zero-order valence-corrected chi connectivity index (χ0v) is 11.9. The van der Waals surface area contributed by atoms with Crippen molar-refractivity contribution in [1.82, 2.24) is 24.5 Å². The Morgan fingerprint density at radius 2 is 2.10 bits per heavy atom. The predicted molar refractivity (Wildman–Crippen MR) is 78.4 cm³/mol. The van der Waals surface area contributed by atoms with Gasteiger partial charge in [0.15, 0.2) is 0 Å². The van der Waals surface area contributed by atoms with Crippen molar-refractivity contribution in [2.24, 2.45) is 7.05 Å². The van der Waals surface area contributed by atoms with Gasteiger partial charge in [0.1, 0.15) is 11.0 Å². The third-order valence-corrected chi connectivity index (χ3v) is 3.22. The molecule has 0 radical (unpaired) electrons. The molecule has 0 fully saturated rings. The Morgan fingerprint density at radius 3 is 2.80 bits per heavy atom. The van der Waals surface area contributed by atoms with E-state index in [0.717, 1.165) is 28.8 Å². The van der Waals surface area contributed by atoms with E-state index in [1.165, 1.54) is 0 Å². The summed E-state index contributed by atoms with van der Waals surface area (Å²) in [7, 11) is 1.92. The van der Waals surface area contributed by atoms with Crippen LogP contribution in [0.3, 0.4) is 0 Å². The minimum absolute atomic E-state index is 0.302. The van der Waals surface area contributed by atoms with Crippen molar-refractivity contribution in [2.75, 3.05) is 5.32 Å². The molecule has 3 aromatic heterocycles. The maximum absolute atomic E-state index is 4.41. The van der Waals surface area contributed by atoms with Gasteiger partial charge in [0, 0.05) is 37.6 Å². The molecule has 0 amide bonds. The van der Waals surface area contributed by atoms with Gasteiger partial charge < -0.3 is 5.32 Å². The molecule has 104 valence electrons. The smallest absolute Gasteiger partial charge is 0.110 e. The standard InChI is InChI=1S/C14H18N6/c1-10(2)20-14-12(4-5-15-13(14)8-18-20)16-6-11-7-17-19(3)9-11/h4-5,7-10H,6H2,1-3H3,(H,15,16). The van der Waals surface area contributed by atoms with Crippen LogP contribution in [0.4, 0.5) is 5.69 Å². The number of nitrogens with zero attached hydrogens (tertiary/aromatic N) is 5. The second kappa shape index (κ2) is 4.96. The molecule has 0 aliphatic carbocycles. The summed E-state index contributed by atoms with van der Waals surface area (Å²) in [6.07, 6.45) is 7.49. The lowest BCUT2D eigenvalue weighted by Crippen LogP contribution is -2.06. The fourth-order valence-corrected chi connectivity index (χ4v) is 2.27. The zero-order valence-electron chi connectivity index (χ0n) is 11.9. The summed E-state index contributed by atoms with van der Waals surface area (Å²) in [6, 6.07) is 2.29. The van der Waals surface area contributed by atoms with Crippen LogP contribution in [-0.4, -0.2) is 24.5 Å². The first-order valence-corrected chi connectivity index (χ1v) is 6.69. The third kappa shape index (κ3) is 2.24. The fraction of sp³-hybridized carbons (Fsp3) is 0.357. The number of nitrogens with one attached hydrogen (secondary N) is 1. The van der Waals surface area contributed by atoms with Gasteiger partial charge in [-0.1, -0.05) is 0 Å². The Hall–Kier alpha value is -2.37. The lowest BCUT2D eigenvalue weighted by atomic mass is 10.3. The van der Waals surface area contributed by atoms with Crippen molar-refractivity contribution in [3.05, 3.63) is 36.4 Å². The van der Waals surface area contributed by atoms with E-state index in [-0.39, 0.29) is 0 Å². The normalized spacial score (nSPS) is 11.4. The van der Waals surface area contributed by atoms with Crippen LogP contribution in [-0.2, 0) is 13.6 Å². The van der Waals surface area contributed by atoms with Crippen molar-refractivity contribution in [2.45, 2.75) is 26.4 Å². The van der Waals surface area contributed by atoms with Crippen LogP contribution in [0, 0.1) is 0 Å². The molecule has 0 unspecified atom stereocenters. The molecule has 3 heterocycles. The number of aryl methyl sites for hydroxylation is 1. The van der Waals surface area contributed by atoms with Crippen molar-refractivity contribution < 1.29 is 0 Å². The summed E-state index contributed by atoms with van der Waals surface area (Å²) in [5, 5.41) is 12.0. The number of rotatable bonds is 4. The molecule has 1 N–H and O–H groups in total. The van der Waals surface area contributed by atoms with Crippen LogP contribution in [0.5, 0.6) is 0 Å². The number of hydrogen-bond donors (Lipinski definition) is 1. The zero-order chi connectivity index (χ0) is 14.1. The van der Waals surface area contributed by atoms with E-state index in [1.54, 1.807) is 10.9 Å². The van der Waals surface area contributed by atoms with E-state index >= 15 is 0 Å². The lowest BCUT2D eigenvalue weighted by molar-refractivity contribution is 0.551. The number of anilines is 1. The molecule has 0 atom stereocenters. The first kappa shape index (κ1) is 12.7. The average Bonchev–Trinajstić information content (AvgIpc) is 3.02. The van der Waals surface area contributed by atoms with Crippen LogP contribution in [0.1, 0.15) is 25.5 Å². The van der Waals surface area contributed by atoms with Crippen molar-refractivity contribution >= 4 is 16.7 Å². The van der Waals surface area contributed by atoms with Gasteiger partial charge in [-0.25, -0.2) is 0 Å². The molecule has 0 aliphatic heterocycles. The average molecular weight is 270 g/mol. The van der Waals surface area contributed by atoms with E-state index in [2.05, 4.69) is 34.3 Å². The maximum Gasteiger partial charge on any atom is 0.110 e. The van der Waals surface area contributed by atoms with Crippen molar-refractivity contribution in [1.29, 1.82) is 0 Å². The molecule has 0 spiro atoms. The van der Waals surface area contributed by atoms with Gasteiger partial charge in [-0.15, -0.1) is 0 Å². The quantitative estimate of drug-likeness (QED) is 0.790. The summed E-state index contributed by atoms with van der Waals surface area (Å²) in [4.78, 5) is 4.36. The largest absolute Gasteiger partial charge is 0.379 e. The Kier molecular flexibility index (Phi) is 3.14. The van der Waals surface area contributed by atoms with Gasteiger partial charge in [0.2, 0.25) is 0 Å². The highest BCUT2D eigenvalue weighted by Gasteiger charge is 2.11. The molecule has 3 aromatic rings. The van der Waals surface area contributed by atoms with E-state index in [9.17, 15) is 0 Å². The molecule has 3 rings (SSSR count). The second-order valence-electron chi connectivity index (χ2n) is 5.15. The highest BCUT2D eigenvalue weighted by molar-refractivity contribution is 5.87. The first-order chi connectivity index (χ1) is 9.65. The fourth-order valence-electron chi connectivity index (χ4n) is 2.27. The minimum atomic E-state index is 0.302. The number of aromatic nitrogens is 5. The molecule has 0 aliphatic rings. The molecular weight excluding hydrogens is 252 g/mol. The molecule has 6 heteroatoms. The van der Waals surface area contributed by atoms with Crippen molar-refractivity contribution in [3.63, 3.8) is 0 Å². The van der Waals surface area contributed by atoms with Crippen LogP contribution in [0.2, 0.25) is 0 Å². The summed E-state index contributed by atoms with van der Waals surface area (Å²) in [5.74, 6) is 0. The summed E-state index contributed by atoms with van der Waals surface area (Å²) in [5.41, 5.74) is 4.15. The van der Waals surface area contributed by atoms with Gasteiger partial charge in [0.25, 0.3) is 0 Å². The molecule has 6 nitrogen and oxygen atoms in total. The number of pyridine rings is 1. The van der Waals surface area contributed by atoms with E-state index in [4.69, 9.17) is 0 Å². The summed E-state index contributed by atoms with van der Waals surface area (Å²) < 4.78 is 3.80. The number of fused-ring (bicyclic) bond motifs is 1. The van der Waals surface area contributed by atoms with E-state index < -0.39 is 0 Å².